The van der Waals surface area contributed by atoms with Gasteiger partial charge in [0.2, 0.25) is 0 Å². The topological polar surface area (TPSA) is 76.7 Å². The molecule has 2 aromatic carbocycles. The molecule has 0 fully saturated rings. The van der Waals surface area contributed by atoms with Gasteiger partial charge in [-0.2, -0.15) is 0 Å². The summed E-state index contributed by atoms with van der Waals surface area (Å²) < 4.78 is 11.6. The Bertz CT molecular complexity index is 877. The van der Waals surface area contributed by atoms with Crippen LogP contribution in [0.25, 0.3) is 0 Å². The van der Waals surface area contributed by atoms with Crippen LogP contribution in [0.5, 0.6) is 11.5 Å². The van der Waals surface area contributed by atoms with Crippen molar-refractivity contribution in [1.82, 2.24) is 10.6 Å². The number of carbonyl (C=O) groups is 2. The van der Waals surface area contributed by atoms with Gasteiger partial charge in [-0.15, -0.1) is 0 Å². The van der Waals surface area contributed by atoms with Crippen molar-refractivity contribution in [1.29, 1.82) is 0 Å². The Morgan fingerprint density at radius 3 is 1.97 bits per heavy atom. The van der Waals surface area contributed by atoms with Gasteiger partial charge in [0.05, 0.1) is 0 Å². The molecule has 0 aliphatic carbocycles. The van der Waals surface area contributed by atoms with Crippen molar-refractivity contribution in [3.05, 3.63) is 59.7 Å². The maximum Gasteiger partial charge on any atom is 0.261 e. The lowest BCUT2D eigenvalue weighted by Gasteiger charge is -2.23. The van der Waals surface area contributed by atoms with E-state index in [9.17, 15) is 9.59 Å². The number of amides is 2. The van der Waals surface area contributed by atoms with Crippen LogP contribution in [0.15, 0.2) is 48.5 Å². The molecule has 0 bridgehead atoms. The van der Waals surface area contributed by atoms with Crippen LogP contribution in [0.2, 0.25) is 0 Å². The molecule has 2 heterocycles. The Morgan fingerprint density at radius 2 is 1.43 bits per heavy atom. The first-order valence-electron chi connectivity index (χ1n) is 10.6. The van der Waals surface area contributed by atoms with E-state index in [2.05, 4.69) is 24.5 Å². The number of hydrogen-bond acceptors (Lipinski definition) is 4. The van der Waals surface area contributed by atoms with Crippen molar-refractivity contribution < 1.29 is 19.1 Å². The van der Waals surface area contributed by atoms with Crippen molar-refractivity contribution in [2.75, 3.05) is 6.54 Å². The van der Waals surface area contributed by atoms with Gasteiger partial charge < -0.3 is 20.1 Å². The van der Waals surface area contributed by atoms with Crippen LogP contribution in [0, 0.1) is 5.92 Å². The molecule has 2 aromatic rings. The summed E-state index contributed by atoms with van der Waals surface area (Å²) in [4.78, 5) is 25.4. The van der Waals surface area contributed by atoms with Crippen LogP contribution in [-0.2, 0) is 22.4 Å². The maximum atomic E-state index is 12.8. The second kappa shape index (κ2) is 8.78. The molecule has 0 radical (unpaired) electrons. The summed E-state index contributed by atoms with van der Waals surface area (Å²) in [6.07, 6.45) is 0.845. The van der Waals surface area contributed by atoms with Crippen LogP contribution in [0.1, 0.15) is 31.4 Å². The highest BCUT2D eigenvalue weighted by molar-refractivity contribution is 5.84. The number of benzene rings is 2. The molecule has 0 saturated heterocycles. The van der Waals surface area contributed by atoms with Gasteiger partial charge in [0, 0.05) is 25.4 Å². The van der Waals surface area contributed by atoms with Gasteiger partial charge in [0.15, 0.2) is 12.2 Å². The Hall–Kier alpha value is -3.02. The molecule has 2 amide bonds. The van der Waals surface area contributed by atoms with Gasteiger partial charge in [-0.25, -0.2) is 0 Å². The molecule has 2 N–H and O–H groups in total. The molecule has 0 saturated carbocycles. The lowest BCUT2D eigenvalue weighted by molar-refractivity contribution is -0.129. The first-order valence-corrected chi connectivity index (χ1v) is 10.6. The maximum absolute atomic E-state index is 12.8. The second-order valence-electron chi connectivity index (χ2n) is 8.42. The van der Waals surface area contributed by atoms with Crippen LogP contribution >= 0.6 is 0 Å². The summed E-state index contributed by atoms with van der Waals surface area (Å²) in [6.45, 7) is 4.55. The van der Waals surface area contributed by atoms with Gasteiger partial charge in [-0.1, -0.05) is 50.2 Å². The minimum Gasteiger partial charge on any atom is -0.480 e. The standard InChI is InChI=1S/C24H28N2O4/c1-15(2)11-18(26-24(28)22-13-17-8-4-6-10-20(17)30-22)14-25-23(27)21-12-16-7-3-5-9-19(16)29-21/h3-10,15,18,21-22H,11-14H2,1-2H3,(H,25,27)(H,26,28). The number of hydrogen-bond donors (Lipinski definition) is 2. The minimum absolute atomic E-state index is 0.143. The second-order valence-corrected chi connectivity index (χ2v) is 8.42. The Balaban J connectivity index is 1.31. The molecule has 2 aliphatic heterocycles. The summed E-state index contributed by atoms with van der Waals surface area (Å²) in [5.74, 6) is 1.61. The number of ether oxygens (including phenoxy) is 2. The third kappa shape index (κ3) is 4.58. The molecule has 3 unspecified atom stereocenters. The van der Waals surface area contributed by atoms with Crippen LogP contribution in [0.4, 0.5) is 0 Å². The Kier molecular flexibility index (Phi) is 5.93. The molecule has 6 heteroatoms. The van der Waals surface area contributed by atoms with E-state index in [-0.39, 0.29) is 17.9 Å². The van der Waals surface area contributed by atoms with Crippen molar-refractivity contribution in [2.45, 2.75) is 51.4 Å². The van der Waals surface area contributed by atoms with Crippen LogP contribution in [-0.4, -0.2) is 36.6 Å². The van der Waals surface area contributed by atoms with Crippen molar-refractivity contribution in [2.24, 2.45) is 5.92 Å². The quantitative estimate of drug-likeness (QED) is 0.739. The largest absolute Gasteiger partial charge is 0.480 e. The predicted molar refractivity (Wildman–Crippen MR) is 114 cm³/mol. The van der Waals surface area contributed by atoms with Crippen LogP contribution < -0.4 is 20.1 Å². The number of fused-ring (bicyclic) bond motifs is 2. The summed E-state index contributed by atoms with van der Waals surface area (Å²) in [5, 5.41) is 6.03. The summed E-state index contributed by atoms with van der Waals surface area (Å²) >= 11 is 0. The summed E-state index contributed by atoms with van der Waals surface area (Å²) in [7, 11) is 0. The third-order valence-electron chi connectivity index (χ3n) is 5.50. The van der Waals surface area contributed by atoms with Gasteiger partial charge in [-0.3, -0.25) is 9.59 Å². The van der Waals surface area contributed by atoms with E-state index in [0.717, 1.165) is 29.0 Å². The van der Waals surface area contributed by atoms with Crippen molar-refractivity contribution >= 4 is 11.8 Å². The average Bonchev–Trinajstić information content (AvgIpc) is 3.35. The highest BCUT2D eigenvalue weighted by atomic mass is 16.5. The fraction of sp³-hybridized carbons (Fsp3) is 0.417. The fourth-order valence-corrected chi connectivity index (χ4v) is 4.05. The van der Waals surface area contributed by atoms with E-state index in [1.807, 2.05) is 48.5 Å². The smallest absolute Gasteiger partial charge is 0.261 e. The molecule has 30 heavy (non-hydrogen) atoms. The summed E-state index contributed by atoms with van der Waals surface area (Å²) in [6, 6.07) is 15.2. The molecule has 0 aromatic heterocycles. The van der Waals surface area contributed by atoms with E-state index in [1.165, 1.54) is 0 Å². The number of para-hydroxylation sites is 2. The minimum atomic E-state index is -0.527. The number of carbonyl (C=O) groups excluding carboxylic acids is 2. The molecular formula is C24H28N2O4. The molecule has 3 atom stereocenters. The first kappa shape index (κ1) is 20.3. The van der Waals surface area contributed by atoms with E-state index in [4.69, 9.17) is 9.47 Å². The zero-order chi connectivity index (χ0) is 21.1. The van der Waals surface area contributed by atoms with E-state index in [1.54, 1.807) is 0 Å². The van der Waals surface area contributed by atoms with Crippen LogP contribution in [0.3, 0.4) is 0 Å². The third-order valence-corrected chi connectivity index (χ3v) is 5.50. The molecule has 4 rings (SSSR count). The molecule has 6 nitrogen and oxygen atoms in total. The van der Waals surface area contributed by atoms with Gasteiger partial charge in [-0.05, 0) is 35.6 Å². The monoisotopic (exact) mass is 408 g/mol. The average molecular weight is 408 g/mol. The number of rotatable bonds is 7. The Labute approximate surface area is 177 Å². The lowest BCUT2D eigenvalue weighted by Crippen LogP contribution is -2.50. The van der Waals surface area contributed by atoms with E-state index in [0.29, 0.717) is 25.3 Å². The highest BCUT2D eigenvalue weighted by Crippen LogP contribution is 2.29. The van der Waals surface area contributed by atoms with Gasteiger partial charge in [0.1, 0.15) is 11.5 Å². The molecule has 0 spiro atoms. The molecule has 158 valence electrons. The van der Waals surface area contributed by atoms with Gasteiger partial charge >= 0.3 is 0 Å². The number of nitrogens with one attached hydrogen (secondary N) is 2. The van der Waals surface area contributed by atoms with Gasteiger partial charge in [0.25, 0.3) is 11.8 Å². The van der Waals surface area contributed by atoms with Crippen molar-refractivity contribution in [3.63, 3.8) is 0 Å². The summed E-state index contributed by atoms with van der Waals surface area (Å²) in [5.41, 5.74) is 2.09. The molecular weight excluding hydrogens is 380 g/mol. The predicted octanol–water partition coefficient (Wildman–Crippen LogP) is 2.64. The zero-order valence-electron chi connectivity index (χ0n) is 17.4. The first-order chi connectivity index (χ1) is 14.5. The molecule has 2 aliphatic rings. The normalized spacial score (nSPS) is 20.0. The van der Waals surface area contributed by atoms with Crippen molar-refractivity contribution in [3.8, 4) is 11.5 Å². The van der Waals surface area contributed by atoms with E-state index < -0.39 is 12.2 Å². The lowest BCUT2D eigenvalue weighted by atomic mass is 10.0. The highest BCUT2D eigenvalue weighted by Gasteiger charge is 2.32. The zero-order valence-corrected chi connectivity index (χ0v) is 17.4. The Morgan fingerprint density at radius 1 is 0.900 bits per heavy atom. The fourth-order valence-electron chi connectivity index (χ4n) is 4.05. The SMILES string of the molecule is CC(C)CC(CNC(=O)C1Cc2ccccc2O1)NC(=O)C1Cc2ccccc2O1. The van der Waals surface area contributed by atoms with E-state index >= 15 is 0 Å².